The summed E-state index contributed by atoms with van der Waals surface area (Å²) in [5.41, 5.74) is 5.67. The van der Waals surface area contributed by atoms with E-state index < -0.39 is 11.8 Å². The standard InChI is InChI=1S/C21H17N3O4/c25-19-10-9-16(17-6-1-2-7-18(17)19)13-22-23-21(27)15-5-3-4-14(12-15)8-11-20(26)24-28/h1-13,25,28H,(H,23,27)(H,24,26)/b11-8+,22-13-. The lowest BCUT2D eigenvalue weighted by Crippen LogP contribution is -2.17. The van der Waals surface area contributed by atoms with Crippen LogP contribution in [0.2, 0.25) is 0 Å². The fourth-order valence-electron chi connectivity index (χ4n) is 2.64. The van der Waals surface area contributed by atoms with Gasteiger partial charge in [-0.25, -0.2) is 10.9 Å². The third-order valence-corrected chi connectivity index (χ3v) is 3.99. The zero-order valence-electron chi connectivity index (χ0n) is 14.7. The van der Waals surface area contributed by atoms with Crippen molar-refractivity contribution >= 4 is 34.9 Å². The predicted octanol–water partition coefficient (Wildman–Crippen LogP) is 2.83. The van der Waals surface area contributed by atoms with E-state index in [2.05, 4.69) is 10.5 Å². The van der Waals surface area contributed by atoms with Crippen molar-refractivity contribution in [2.45, 2.75) is 0 Å². The summed E-state index contributed by atoms with van der Waals surface area (Å²) in [5, 5.41) is 23.9. The number of carbonyl (C=O) groups excluding carboxylic acids is 2. The number of phenolic OH excluding ortho intramolecular Hbond substituents is 1. The number of hydrazone groups is 1. The Labute approximate surface area is 160 Å². The van der Waals surface area contributed by atoms with Gasteiger partial charge in [-0.15, -0.1) is 0 Å². The summed E-state index contributed by atoms with van der Waals surface area (Å²) in [7, 11) is 0. The lowest BCUT2D eigenvalue weighted by Gasteiger charge is -2.04. The topological polar surface area (TPSA) is 111 Å². The molecule has 0 unspecified atom stereocenters. The summed E-state index contributed by atoms with van der Waals surface area (Å²) in [5.74, 6) is -0.904. The van der Waals surface area contributed by atoms with E-state index >= 15 is 0 Å². The second kappa shape index (κ2) is 8.61. The van der Waals surface area contributed by atoms with Crippen molar-refractivity contribution in [3.8, 4) is 5.75 Å². The average Bonchev–Trinajstić information content (AvgIpc) is 2.74. The van der Waals surface area contributed by atoms with Gasteiger partial charge in [-0.2, -0.15) is 5.10 Å². The monoisotopic (exact) mass is 375 g/mol. The molecule has 0 radical (unpaired) electrons. The minimum atomic E-state index is -0.666. The molecule has 7 heteroatoms. The molecule has 140 valence electrons. The first-order valence-corrected chi connectivity index (χ1v) is 8.35. The Balaban J connectivity index is 1.73. The van der Waals surface area contributed by atoms with Gasteiger partial charge < -0.3 is 5.11 Å². The largest absolute Gasteiger partial charge is 0.507 e. The van der Waals surface area contributed by atoms with Gasteiger partial charge in [0, 0.05) is 22.6 Å². The Morgan fingerprint density at radius 3 is 2.54 bits per heavy atom. The van der Waals surface area contributed by atoms with E-state index in [1.54, 1.807) is 42.5 Å². The summed E-state index contributed by atoms with van der Waals surface area (Å²) < 4.78 is 0. The van der Waals surface area contributed by atoms with Crippen LogP contribution in [-0.4, -0.2) is 28.3 Å². The van der Waals surface area contributed by atoms with Crippen LogP contribution in [0.15, 0.2) is 71.8 Å². The molecule has 0 atom stereocenters. The molecule has 0 bridgehead atoms. The minimum absolute atomic E-state index is 0.177. The number of nitrogens with one attached hydrogen (secondary N) is 2. The molecule has 4 N–H and O–H groups in total. The minimum Gasteiger partial charge on any atom is -0.507 e. The van der Waals surface area contributed by atoms with Gasteiger partial charge in [0.15, 0.2) is 0 Å². The number of fused-ring (bicyclic) bond motifs is 1. The molecule has 3 rings (SSSR count). The summed E-state index contributed by atoms with van der Waals surface area (Å²) in [6.45, 7) is 0. The second-order valence-electron chi connectivity index (χ2n) is 5.85. The normalized spacial score (nSPS) is 11.2. The molecule has 0 saturated heterocycles. The molecule has 0 saturated carbocycles. The van der Waals surface area contributed by atoms with Crippen LogP contribution < -0.4 is 10.9 Å². The number of hydroxylamine groups is 1. The van der Waals surface area contributed by atoms with E-state index in [-0.39, 0.29) is 5.75 Å². The molecule has 3 aromatic rings. The smallest absolute Gasteiger partial charge is 0.271 e. The molecule has 7 nitrogen and oxygen atoms in total. The van der Waals surface area contributed by atoms with Gasteiger partial charge in [-0.1, -0.05) is 36.4 Å². The number of rotatable bonds is 5. The highest BCUT2D eigenvalue weighted by atomic mass is 16.5. The van der Waals surface area contributed by atoms with Crippen LogP contribution in [0.1, 0.15) is 21.5 Å². The van der Waals surface area contributed by atoms with Crippen LogP contribution in [0.4, 0.5) is 0 Å². The molecule has 28 heavy (non-hydrogen) atoms. The molecule has 2 amide bonds. The third-order valence-electron chi connectivity index (χ3n) is 3.99. The van der Waals surface area contributed by atoms with Crippen molar-refractivity contribution in [1.82, 2.24) is 10.9 Å². The van der Waals surface area contributed by atoms with Crippen LogP contribution in [0, 0.1) is 0 Å². The van der Waals surface area contributed by atoms with Crippen molar-refractivity contribution in [2.24, 2.45) is 5.10 Å². The second-order valence-corrected chi connectivity index (χ2v) is 5.85. The molecule has 0 aliphatic rings. The van der Waals surface area contributed by atoms with Crippen molar-refractivity contribution in [2.75, 3.05) is 0 Å². The fourth-order valence-corrected chi connectivity index (χ4v) is 2.64. The van der Waals surface area contributed by atoms with Crippen LogP contribution >= 0.6 is 0 Å². The van der Waals surface area contributed by atoms with Crippen LogP contribution in [0.5, 0.6) is 5.75 Å². The van der Waals surface area contributed by atoms with E-state index in [0.29, 0.717) is 16.5 Å². The van der Waals surface area contributed by atoms with Crippen molar-refractivity contribution in [3.05, 3.63) is 83.4 Å². The van der Waals surface area contributed by atoms with Crippen LogP contribution in [-0.2, 0) is 4.79 Å². The maximum absolute atomic E-state index is 12.3. The van der Waals surface area contributed by atoms with E-state index in [1.807, 2.05) is 18.2 Å². The Hall–Kier alpha value is -3.97. The van der Waals surface area contributed by atoms with Crippen molar-refractivity contribution in [3.63, 3.8) is 0 Å². The Morgan fingerprint density at radius 1 is 0.964 bits per heavy atom. The highest BCUT2D eigenvalue weighted by Crippen LogP contribution is 2.26. The maximum Gasteiger partial charge on any atom is 0.271 e. The number of hydrogen-bond donors (Lipinski definition) is 4. The van der Waals surface area contributed by atoms with Gasteiger partial charge in [0.2, 0.25) is 0 Å². The molecular weight excluding hydrogens is 358 g/mol. The summed E-state index contributed by atoms with van der Waals surface area (Å²) >= 11 is 0. The van der Waals surface area contributed by atoms with Gasteiger partial charge in [-0.05, 0) is 41.3 Å². The fraction of sp³-hybridized carbons (Fsp3) is 0. The highest BCUT2D eigenvalue weighted by molar-refractivity contribution is 6.03. The number of aromatic hydroxyl groups is 1. The first-order valence-electron chi connectivity index (χ1n) is 8.35. The Bertz CT molecular complexity index is 1090. The van der Waals surface area contributed by atoms with Gasteiger partial charge >= 0.3 is 0 Å². The maximum atomic E-state index is 12.3. The first kappa shape index (κ1) is 18.8. The summed E-state index contributed by atoms with van der Waals surface area (Å²) in [6, 6.07) is 17.2. The van der Waals surface area contributed by atoms with E-state index in [1.165, 1.54) is 17.8 Å². The molecule has 0 aromatic heterocycles. The van der Waals surface area contributed by atoms with Crippen molar-refractivity contribution in [1.29, 1.82) is 0 Å². The lowest BCUT2D eigenvalue weighted by molar-refractivity contribution is -0.124. The van der Waals surface area contributed by atoms with E-state index in [4.69, 9.17) is 5.21 Å². The first-order chi connectivity index (χ1) is 13.6. The molecule has 0 spiro atoms. The van der Waals surface area contributed by atoms with E-state index in [9.17, 15) is 14.7 Å². The quantitative estimate of drug-likeness (QED) is 0.238. The number of carbonyl (C=O) groups is 2. The van der Waals surface area contributed by atoms with E-state index in [0.717, 1.165) is 17.0 Å². The number of phenols is 1. The van der Waals surface area contributed by atoms with Gasteiger partial charge in [0.25, 0.3) is 11.8 Å². The van der Waals surface area contributed by atoms with Crippen molar-refractivity contribution < 1.29 is 19.9 Å². The molecular formula is C21H17N3O4. The SMILES string of the molecule is O=C(/C=C/c1cccc(C(=O)N/N=C\c2ccc(O)c3ccccc23)c1)NO. The molecule has 0 aliphatic carbocycles. The number of amides is 2. The zero-order valence-corrected chi connectivity index (χ0v) is 14.7. The number of hydrogen-bond acceptors (Lipinski definition) is 5. The van der Waals surface area contributed by atoms with Crippen LogP contribution in [0.3, 0.4) is 0 Å². The number of nitrogens with zero attached hydrogens (tertiary/aromatic N) is 1. The Morgan fingerprint density at radius 2 is 1.75 bits per heavy atom. The van der Waals surface area contributed by atoms with Gasteiger partial charge in [0.05, 0.1) is 6.21 Å². The van der Waals surface area contributed by atoms with Gasteiger partial charge in [0.1, 0.15) is 5.75 Å². The molecule has 0 aliphatic heterocycles. The molecule has 0 fully saturated rings. The zero-order chi connectivity index (χ0) is 19.9. The molecule has 0 heterocycles. The lowest BCUT2D eigenvalue weighted by atomic mass is 10.0. The Kier molecular flexibility index (Phi) is 5.78. The summed E-state index contributed by atoms with van der Waals surface area (Å²) in [6.07, 6.45) is 4.12. The average molecular weight is 375 g/mol. The van der Waals surface area contributed by atoms with Gasteiger partial charge in [-0.3, -0.25) is 14.8 Å². The predicted molar refractivity (Wildman–Crippen MR) is 106 cm³/mol. The summed E-state index contributed by atoms with van der Waals surface area (Å²) in [4.78, 5) is 23.3. The molecule has 3 aromatic carbocycles. The number of benzene rings is 3. The highest BCUT2D eigenvalue weighted by Gasteiger charge is 2.06. The third kappa shape index (κ3) is 4.40. The van der Waals surface area contributed by atoms with Crippen LogP contribution in [0.25, 0.3) is 16.8 Å².